The van der Waals surface area contributed by atoms with E-state index >= 15 is 0 Å². The molecule has 2 aromatic carbocycles. The highest BCUT2D eigenvalue weighted by Crippen LogP contribution is 2.30. The minimum atomic E-state index is -0.161. The average molecular weight is 427 g/mol. The number of aryl methyl sites for hydroxylation is 1. The van der Waals surface area contributed by atoms with Gasteiger partial charge in [0.2, 0.25) is 0 Å². The Morgan fingerprint density at radius 2 is 1.67 bits per heavy atom. The number of fused-ring (bicyclic) bond motifs is 3. The molecule has 1 aliphatic carbocycles. The molecular weight excluding hydrogens is 399 g/mol. The number of likely N-dealkylation sites (tertiary alicyclic amines) is 1. The fourth-order valence-corrected chi connectivity index (χ4v) is 5.12. The lowest BCUT2D eigenvalue weighted by Gasteiger charge is -2.32. The smallest absolute Gasteiger partial charge is 0.251 e. The summed E-state index contributed by atoms with van der Waals surface area (Å²) >= 11 is 0. The van der Waals surface area contributed by atoms with Crippen LogP contribution < -0.4 is 5.56 Å². The number of hydrogen-bond donors (Lipinski definition) is 1. The Morgan fingerprint density at radius 3 is 2.40 bits per heavy atom. The number of nitrogens with one attached hydrogen (secondary N) is 1. The Morgan fingerprint density at radius 1 is 0.967 bits per heavy atom. The summed E-state index contributed by atoms with van der Waals surface area (Å²) < 4.78 is 13.2. The Hall–Kier alpha value is -2.17. The van der Waals surface area contributed by atoms with Gasteiger partial charge in [0.1, 0.15) is 5.82 Å². The van der Waals surface area contributed by atoms with E-state index in [0.29, 0.717) is 5.92 Å². The Kier molecular flexibility index (Phi) is 6.26. The molecular formula is C25H28ClFN2O. The maximum Gasteiger partial charge on any atom is 0.251 e. The molecule has 2 aliphatic rings. The molecule has 0 spiro atoms. The summed E-state index contributed by atoms with van der Waals surface area (Å²) in [7, 11) is 0. The molecule has 3 nitrogen and oxygen atoms in total. The molecule has 0 saturated carbocycles. The first kappa shape index (κ1) is 21.1. The topological polar surface area (TPSA) is 36.1 Å². The number of H-pyrrole nitrogens is 1. The number of aromatic nitrogens is 1. The van der Waals surface area contributed by atoms with Crippen LogP contribution in [0.4, 0.5) is 4.39 Å². The minimum Gasteiger partial charge on any atom is -0.322 e. The molecule has 30 heavy (non-hydrogen) atoms. The third kappa shape index (κ3) is 4.17. The lowest BCUT2D eigenvalue weighted by atomic mass is 9.88. The quantitative estimate of drug-likeness (QED) is 0.613. The summed E-state index contributed by atoms with van der Waals surface area (Å²) in [6, 6.07) is 13.5. The maximum atomic E-state index is 13.2. The lowest BCUT2D eigenvalue weighted by molar-refractivity contribution is 0.204. The molecule has 158 valence electrons. The van der Waals surface area contributed by atoms with Gasteiger partial charge in [-0.1, -0.05) is 18.2 Å². The van der Waals surface area contributed by atoms with E-state index in [9.17, 15) is 9.18 Å². The van der Waals surface area contributed by atoms with Crippen molar-refractivity contribution >= 4 is 23.3 Å². The van der Waals surface area contributed by atoms with Crippen LogP contribution in [-0.2, 0) is 19.4 Å². The molecule has 0 bridgehead atoms. The zero-order valence-electron chi connectivity index (χ0n) is 17.1. The van der Waals surface area contributed by atoms with Crippen LogP contribution in [0, 0.1) is 5.82 Å². The second-order valence-corrected chi connectivity index (χ2v) is 8.60. The van der Waals surface area contributed by atoms with Crippen LogP contribution >= 0.6 is 12.4 Å². The van der Waals surface area contributed by atoms with Gasteiger partial charge in [-0.25, -0.2) is 4.39 Å². The first-order valence-electron chi connectivity index (χ1n) is 10.8. The molecule has 2 heterocycles. The van der Waals surface area contributed by atoms with E-state index in [-0.39, 0.29) is 23.8 Å². The van der Waals surface area contributed by atoms with Gasteiger partial charge in [0.25, 0.3) is 5.56 Å². The van der Waals surface area contributed by atoms with Crippen molar-refractivity contribution in [2.24, 2.45) is 0 Å². The van der Waals surface area contributed by atoms with Gasteiger partial charge in [-0.3, -0.25) is 9.69 Å². The molecule has 5 rings (SSSR count). The molecule has 1 saturated heterocycles. The van der Waals surface area contributed by atoms with E-state index in [1.54, 1.807) is 12.1 Å². The number of hydrogen-bond acceptors (Lipinski definition) is 2. The summed E-state index contributed by atoms with van der Waals surface area (Å²) in [6.07, 6.45) is 6.44. The van der Waals surface area contributed by atoms with Gasteiger partial charge < -0.3 is 4.98 Å². The summed E-state index contributed by atoms with van der Waals surface area (Å²) in [5.74, 6) is 0.367. The number of pyridine rings is 1. The van der Waals surface area contributed by atoms with E-state index in [2.05, 4.69) is 28.1 Å². The summed E-state index contributed by atoms with van der Waals surface area (Å²) in [4.78, 5) is 18.0. The Bertz CT molecular complexity index is 1080. The third-order valence-corrected chi connectivity index (χ3v) is 6.73. The standard InChI is InChI=1S/C25H27FN2O.ClH/c26-20-8-6-18(7-9-20)19-11-13-28(14-12-19)16-17-5-10-24-23(15-17)21-3-1-2-4-22(21)25(29)27-24;/h5-10,15,19H,1-4,11-14,16H2,(H,27,29);1H. The molecule has 5 heteroatoms. The van der Waals surface area contributed by atoms with Gasteiger partial charge in [-0.2, -0.15) is 0 Å². The number of halogens is 2. The highest BCUT2D eigenvalue weighted by Gasteiger charge is 2.21. The molecule has 1 N–H and O–H groups in total. The molecule has 1 aromatic heterocycles. The zero-order chi connectivity index (χ0) is 19.8. The minimum absolute atomic E-state index is 0. The second kappa shape index (κ2) is 8.91. The van der Waals surface area contributed by atoms with Gasteiger partial charge in [0.05, 0.1) is 0 Å². The Balaban J connectivity index is 0.00000218. The number of nitrogens with zero attached hydrogens (tertiary/aromatic N) is 1. The van der Waals surface area contributed by atoms with E-state index < -0.39 is 0 Å². The number of rotatable bonds is 3. The molecule has 1 aliphatic heterocycles. The number of piperidine rings is 1. The average Bonchev–Trinajstić information content (AvgIpc) is 2.76. The van der Waals surface area contributed by atoms with Crippen LogP contribution in [0.25, 0.3) is 10.9 Å². The van der Waals surface area contributed by atoms with Crippen LogP contribution in [0.5, 0.6) is 0 Å². The van der Waals surface area contributed by atoms with Gasteiger partial charge in [0, 0.05) is 23.0 Å². The normalized spacial score (nSPS) is 17.5. The summed E-state index contributed by atoms with van der Waals surface area (Å²) in [5.41, 5.74) is 5.91. The van der Waals surface area contributed by atoms with Crippen molar-refractivity contribution in [3.8, 4) is 0 Å². The summed E-state index contributed by atoms with van der Waals surface area (Å²) in [5, 5.41) is 1.23. The Labute approximate surface area is 182 Å². The van der Waals surface area contributed by atoms with E-state index in [0.717, 1.165) is 62.8 Å². The van der Waals surface area contributed by atoms with Gasteiger partial charge >= 0.3 is 0 Å². The van der Waals surface area contributed by atoms with Crippen molar-refractivity contribution in [3.05, 3.63) is 80.9 Å². The predicted molar refractivity (Wildman–Crippen MR) is 122 cm³/mol. The molecule has 0 atom stereocenters. The van der Waals surface area contributed by atoms with Gasteiger partial charge in [0.15, 0.2) is 0 Å². The molecule has 1 fully saturated rings. The fourth-order valence-electron chi connectivity index (χ4n) is 5.12. The van der Waals surface area contributed by atoms with Crippen LogP contribution in [-0.4, -0.2) is 23.0 Å². The van der Waals surface area contributed by atoms with Crippen LogP contribution in [0.2, 0.25) is 0 Å². The predicted octanol–water partition coefficient (Wildman–Crippen LogP) is 5.35. The van der Waals surface area contributed by atoms with Crippen LogP contribution in [0.1, 0.15) is 53.9 Å². The van der Waals surface area contributed by atoms with E-state index in [1.807, 2.05) is 12.1 Å². The summed E-state index contributed by atoms with van der Waals surface area (Å²) in [6.45, 7) is 3.06. The van der Waals surface area contributed by atoms with Crippen molar-refractivity contribution < 1.29 is 4.39 Å². The number of aromatic amines is 1. The second-order valence-electron chi connectivity index (χ2n) is 8.60. The largest absolute Gasteiger partial charge is 0.322 e. The number of benzene rings is 2. The zero-order valence-corrected chi connectivity index (χ0v) is 17.9. The van der Waals surface area contributed by atoms with Gasteiger partial charge in [-0.15, -0.1) is 12.4 Å². The van der Waals surface area contributed by atoms with Gasteiger partial charge in [-0.05, 0) is 98.5 Å². The van der Waals surface area contributed by atoms with Crippen LogP contribution in [0.15, 0.2) is 47.3 Å². The molecule has 0 amide bonds. The van der Waals surface area contributed by atoms with Crippen molar-refractivity contribution in [2.75, 3.05) is 13.1 Å². The highest BCUT2D eigenvalue weighted by atomic mass is 35.5. The van der Waals surface area contributed by atoms with E-state index in [4.69, 9.17) is 0 Å². The van der Waals surface area contributed by atoms with Crippen molar-refractivity contribution in [1.29, 1.82) is 0 Å². The van der Waals surface area contributed by atoms with Crippen LogP contribution in [0.3, 0.4) is 0 Å². The third-order valence-electron chi connectivity index (χ3n) is 6.73. The van der Waals surface area contributed by atoms with E-state index in [1.165, 1.54) is 28.5 Å². The SMILES string of the molecule is Cl.O=c1[nH]c2ccc(CN3CCC(c4ccc(F)cc4)CC3)cc2c2c1CCCC2. The van der Waals surface area contributed by atoms with Crippen molar-refractivity contribution in [3.63, 3.8) is 0 Å². The maximum absolute atomic E-state index is 13.2. The lowest BCUT2D eigenvalue weighted by Crippen LogP contribution is -2.32. The van der Waals surface area contributed by atoms with Crippen molar-refractivity contribution in [2.45, 2.75) is 51.0 Å². The molecule has 3 aromatic rings. The first-order valence-corrected chi connectivity index (χ1v) is 10.8. The molecule has 0 unspecified atom stereocenters. The molecule has 0 radical (unpaired) electrons. The monoisotopic (exact) mass is 426 g/mol. The fraction of sp³-hybridized carbons (Fsp3) is 0.400. The van der Waals surface area contributed by atoms with Crippen molar-refractivity contribution in [1.82, 2.24) is 9.88 Å². The first-order chi connectivity index (χ1) is 14.2. The highest BCUT2D eigenvalue weighted by molar-refractivity contribution is 5.85.